The molecule has 0 spiro atoms. The van der Waals surface area contributed by atoms with Gasteiger partial charge in [-0.25, -0.2) is 4.79 Å². The molecule has 9 heteroatoms. The van der Waals surface area contributed by atoms with Crippen molar-refractivity contribution < 1.29 is 14.3 Å². The minimum Gasteiger partial charge on any atom is -0.443 e. The van der Waals surface area contributed by atoms with Crippen LogP contribution in [0.15, 0.2) is 30.3 Å². The highest BCUT2D eigenvalue weighted by molar-refractivity contribution is 5.85. The third kappa shape index (κ3) is 7.85. The quantitative estimate of drug-likeness (QED) is 0.645. The van der Waals surface area contributed by atoms with Gasteiger partial charge in [0.2, 0.25) is 5.91 Å². The molecule has 1 atom stereocenters. The normalized spacial score (nSPS) is 17.7. The number of likely N-dealkylation sites (tertiary alicyclic amines) is 1. The lowest BCUT2D eigenvalue weighted by molar-refractivity contribution is -0.129. The summed E-state index contributed by atoms with van der Waals surface area (Å²) in [5, 5.41) is 2.77. The van der Waals surface area contributed by atoms with Gasteiger partial charge in [0.25, 0.3) is 0 Å². The summed E-state index contributed by atoms with van der Waals surface area (Å²) in [7, 11) is 0. The maximum absolute atomic E-state index is 12.1. The number of ether oxygens (including phenoxy) is 1. The second-order valence-electron chi connectivity index (χ2n) is 7.52. The van der Waals surface area contributed by atoms with Gasteiger partial charge in [-0.05, 0) is 25.0 Å². The number of rotatable bonds is 8. The van der Waals surface area contributed by atoms with E-state index in [0.717, 1.165) is 45.6 Å². The van der Waals surface area contributed by atoms with Crippen molar-refractivity contribution in [3.05, 3.63) is 30.3 Å². The average Bonchev–Trinajstić information content (AvgIpc) is 3.12. The van der Waals surface area contributed by atoms with E-state index in [1.165, 1.54) is 5.69 Å². The standard InChI is InChI=1S/C21H32N4O3.2ClH/c1-2-10-22-21(27)28-19(17-25-11-6-9-20(25)26)16-23-12-14-24(15-13-23)18-7-4-3-5-8-18;;/h3-5,7-8,19H,2,6,9-17H2,1H3,(H,22,27);2*1H. The third-order valence-corrected chi connectivity index (χ3v) is 5.34. The van der Waals surface area contributed by atoms with Crippen LogP contribution in [0.1, 0.15) is 26.2 Å². The molecule has 1 N–H and O–H groups in total. The minimum atomic E-state index is -0.388. The van der Waals surface area contributed by atoms with E-state index in [0.29, 0.717) is 26.1 Å². The molecular weight excluding hydrogens is 427 g/mol. The van der Waals surface area contributed by atoms with E-state index in [1.807, 2.05) is 17.9 Å². The van der Waals surface area contributed by atoms with Gasteiger partial charge in [-0.2, -0.15) is 0 Å². The maximum atomic E-state index is 12.1. The summed E-state index contributed by atoms with van der Waals surface area (Å²) >= 11 is 0. The average molecular weight is 461 g/mol. The van der Waals surface area contributed by atoms with Crippen molar-refractivity contribution in [3.8, 4) is 0 Å². The molecule has 0 aromatic heterocycles. The lowest BCUT2D eigenvalue weighted by Gasteiger charge is -2.38. The van der Waals surface area contributed by atoms with E-state index in [9.17, 15) is 9.59 Å². The summed E-state index contributed by atoms with van der Waals surface area (Å²) in [6, 6.07) is 10.4. The Morgan fingerprint density at radius 3 is 2.37 bits per heavy atom. The van der Waals surface area contributed by atoms with Crippen LogP contribution in [0.4, 0.5) is 10.5 Å². The van der Waals surface area contributed by atoms with Gasteiger partial charge >= 0.3 is 6.09 Å². The van der Waals surface area contributed by atoms with Crippen LogP contribution in [0.3, 0.4) is 0 Å². The number of hydrogen-bond acceptors (Lipinski definition) is 5. The van der Waals surface area contributed by atoms with Crippen molar-refractivity contribution >= 4 is 42.5 Å². The number of halogens is 2. The summed E-state index contributed by atoms with van der Waals surface area (Å²) in [4.78, 5) is 30.6. The van der Waals surface area contributed by atoms with E-state index in [-0.39, 0.29) is 42.9 Å². The van der Waals surface area contributed by atoms with Crippen LogP contribution < -0.4 is 10.2 Å². The van der Waals surface area contributed by atoms with E-state index >= 15 is 0 Å². The van der Waals surface area contributed by atoms with Gasteiger partial charge in [-0.3, -0.25) is 9.69 Å². The molecule has 30 heavy (non-hydrogen) atoms. The van der Waals surface area contributed by atoms with Crippen LogP contribution in [-0.2, 0) is 9.53 Å². The van der Waals surface area contributed by atoms with Crippen molar-refractivity contribution in [1.29, 1.82) is 0 Å². The Balaban J connectivity index is 0.00000225. The Hall–Kier alpha value is -1.70. The molecule has 2 heterocycles. The van der Waals surface area contributed by atoms with Crippen LogP contribution in [0.5, 0.6) is 0 Å². The number of carbonyl (C=O) groups is 2. The summed E-state index contributed by atoms with van der Waals surface area (Å²) < 4.78 is 5.68. The number of hydrogen-bond donors (Lipinski definition) is 1. The zero-order valence-corrected chi connectivity index (χ0v) is 19.3. The SMILES string of the molecule is CCCNC(=O)OC(CN1CCN(c2ccccc2)CC1)CN1CCCC1=O.Cl.Cl. The highest BCUT2D eigenvalue weighted by Crippen LogP contribution is 2.17. The molecule has 2 amide bonds. The molecule has 3 rings (SSSR count). The van der Waals surface area contributed by atoms with Crippen molar-refractivity contribution in [2.45, 2.75) is 32.3 Å². The van der Waals surface area contributed by atoms with E-state index in [2.05, 4.69) is 39.4 Å². The molecule has 2 saturated heterocycles. The molecule has 0 aliphatic carbocycles. The summed E-state index contributed by atoms with van der Waals surface area (Å²) in [5.41, 5.74) is 1.25. The van der Waals surface area contributed by atoms with Crippen molar-refractivity contribution in [1.82, 2.24) is 15.1 Å². The van der Waals surface area contributed by atoms with Gasteiger partial charge < -0.3 is 19.9 Å². The van der Waals surface area contributed by atoms with Crippen LogP contribution in [-0.4, -0.2) is 80.3 Å². The molecule has 1 aromatic carbocycles. The largest absolute Gasteiger partial charge is 0.443 e. The number of carbonyl (C=O) groups excluding carboxylic acids is 2. The van der Waals surface area contributed by atoms with E-state index in [4.69, 9.17) is 4.74 Å². The fourth-order valence-electron chi connectivity index (χ4n) is 3.81. The van der Waals surface area contributed by atoms with Crippen LogP contribution >= 0.6 is 24.8 Å². The Morgan fingerprint density at radius 1 is 1.07 bits per heavy atom. The lowest BCUT2D eigenvalue weighted by Crippen LogP contribution is -2.51. The van der Waals surface area contributed by atoms with Crippen molar-refractivity contribution in [3.63, 3.8) is 0 Å². The first-order chi connectivity index (χ1) is 13.7. The monoisotopic (exact) mass is 460 g/mol. The van der Waals surface area contributed by atoms with Gasteiger partial charge in [-0.1, -0.05) is 25.1 Å². The van der Waals surface area contributed by atoms with Gasteiger partial charge in [-0.15, -0.1) is 24.8 Å². The van der Waals surface area contributed by atoms with Gasteiger partial charge in [0.15, 0.2) is 0 Å². The first-order valence-corrected chi connectivity index (χ1v) is 10.4. The topological polar surface area (TPSA) is 65.1 Å². The second-order valence-corrected chi connectivity index (χ2v) is 7.52. The fraction of sp³-hybridized carbons (Fsp3) is 0.619. The van der Waals surface area contributed by atoms with Crippen molar-refractivity contribution in [2.24, 2.45) is 0 Å². The first kappa shape index (κ1) is 26.3. The number of benzene rings is 1. The molecule has 0 saturated carbocycles. The fourth-order valence-corrected chi connectivity index (χ4v) is 3.81. The lowest BCUT2D eigenvalue weighted by atomic mass is 10.2. The Kier molecular flexibility index (Phi) is 11.9. The number of para-hydroxylation sites is 1. The molecule has 2 fully saturated rings. The zero-order valence-electron chi connectivity index (χ0n) is 17.6. The number of anilines is 1. The third-order valence-electron chi connectivity index (χ3n) is 5.34. The number of alkyl carbamates (subject to hydrolysis) is 1. The van der Waals surface area contributed by atoms with Gasteiger partial charge in [0, 0.05) is 57.9 Å². The predicted molar refractivity (Wildman–Crippen MR) is 124 cm³/mol. The molecule has 7 nitrogen and oxygen atoms in total. The highest BCUT2D eigenvalue weighted by atomic mass is 35.5. The molecular formula is C21H34Cl2N4O3. The maximum Gasteiger partial charge on any atom is 0.407 e. The van der Waals surface area contributed by atoms with Crippen molar-refractivity contribution in [2.75, 3.05) is 57.3 Å². The molecule has 1 unspecified atom stereocenters. The first-order valence-electron chi connectivity index (χ1n) is 10.4. The van der Waals surface area contributed by atoms with Crippen LogP contribution in [0.25, 0.3) is 0 Å². The zero-order chi connectivity index (χ0) is 19.8. The number of piperazine rings is 1. The molecule has 2 aliphatic rings. The smallest absolute Gasteiger partial charge is 0.407 e. The molecule has 0 radical (unpaired) electrons. The van der Waals surface area contributed by atoms with Crippen LogP contribution in [0.2, 0.25) is 0 Å². The summed E-state index contributed by atoms with van der Waals surface area (Å²) in [5.74, 6) is 0.163. The van der Waals surface area contributed by atoms with Crippen LogP contribution in [0, 0.1) is 0 Å². The summed E-state index contributed by atoms with van der Waals surface area (Å²) in [6.07, 6.45) is 1.67. The number of nitrogens with zero attached hydrogens (tertiary/aromatic N) is 3. The highest BCUT2D eigenvalue weighted by Gasteiger charge is 2.28. The molecule has 2 aliphatic heterocycles. The molecule has 1 aromatic rings. The molecule has 0 bridgehead atoms. The number of amides is 2. The predicted octanol–water partition coefficient (Wildman–Crippen LogP) is 2.78. The summed E-state index contributed by atoms with van der Waals surface area (Å²) in [6.45, 7) is 8.23. The van der Waals surface area contributed by atoms with Gasteiger partial charge in [0.1, 0.15) is 6.10 Å². The van der Waals surface area contributed by atoms with E-state index in [1.54, 1.807) is 0 Å². The van der Waals surface area contributed by atoms with Gasteiger partial charge in [0.05, 0.1) is 6.54 Å². The Bertz CT molecular complexity index is 642. The second kappa shape index (κ2) is 13.6. The number of nitrogens with one attached hydrogen (secondary N) is 1. The molecule has 170 valence electrons. The van der Waals surface area contributed by atoms with E-state index < -0.39 is 0 Å². The minimum absolute atomic E-state index is 0. The Morgan fingerprint density at radius 2 is 1.77 bits per heavy atom. The Labute approximate surface area is 191 Å².